The molecule has 112 valence electrons. The van der Waals surface area contributed by atoms with Crippen LogP contribution in [0.25, 0.3) is 0 Å². The maximum atomic E-state index is 11.9. The van der Waals surface area contributed by atoms with Crippen molar-refractivity contribution in [3.63, 3.8) is 0 Å². The average Bonchev–Trinajstić information content (AvgIpc) is 2.47. The van der Waals surface area contributed by atoms with Crippen molar-refractivity contribution in [1.29, 1.82) is 5.26 Å². The molecule has 1 aromatic rings. The van der Waals surface area contributed by atoms with Gasteiger partial charge in [-0.25, -0.2) is 0 Å². The van der Waals surface area contributed by atoms with Crippen LogP contribution in [0.3, 0.4) is 0 Å². The summed E-state index contributed by atoms with van der Waals surface area (Å²) in [5, 5.41) is 11.4. The normalized spacial score (nSPS) is 12.7. The number of benzene rings is 1. The summed E-state index contributed by atoms with van der Waals surface area (Å²) in [6.07, 6.45) is -0.607. The first-order valence-corrected chi connectivity index (χ1v) is 6.50. The molecule has 1 aromatic carbocycles. The summed E-state index contributed by atoms with van der Waals surface area (Å²) in [5.74, 6) is -0.212. The largest absolute Gasteiger partial charge is 0.481 e. The lowest BCUT2D eigenvalue weighted by molar-refractivity contribution is -0.141. The third kappa shape index (κ3) is 5.53. The van der Waals surface area contributed by atoms with E-state index in [1.165, 1.54) is 7.11 Å². The number of hydrogen-bond acceptors (Lipinski definition) is 5. The van der Waals surface area contributed by atoms with Crippen LogP contribution < -0.4 is 10.1 Å². The Morgan fingerprint density at radius 3 is 2.43 bits per heavy atom. The molecule has 1 rings (SSSR count). The molecular weight excluding hydrogens is 272 g/mol. The standard InChI is InChI=1S/C15H18N2O4/c1-10(8-14(18)20-3)17-15(19)11(2)21-13-6-4-12(9-16)5-7-13/h4-7,10-11H,8H2,1-3H3,(H,17,19). The maximum absolute atomic E-state index is 11.9. The maximum Gasteiger partial charge on any atom is 0.307 e. The number of nitrogens with one attached hydrogen (secondary N) is 1. The van der Waals surface area contributed by atoms with E-state index in [4.69, 9.17) is 10.00 Å². The summed E-state index contributed by atoms with van der Waals surface area (Å²) in [7, 11) is 1.30. The molecule has 0 aliphatic heterocycles. The average molecular weight is 290 g/mol. The number of amides is 1. The molecule has 21 heavy (non-hydrogen) atoms. The first-order chi connectivity index (χ1) is 9.96. The molecule has 0 spiro atoms. The minimum atomic E-state index is -0.710. The Hall–Kier alpha value is -2.55. The lowest BCUT2D eigenvalue weighted by Crippen LogP contribution is -2.42. The molecule has 6 heteroatoms. The Morgan fingerprint density at radius 1 is 1.29 bits per heavy atom. The number of ether oxygens (including phenoxy) is 2. The molecular formula is C15H18N2O4. The van der Waals surface area contributed by atoms with Crippen molar-refractivity contribution in [2.75, 3.05) is 7.11 Å². The topological polar surface area (TPSA) is 88.4 Å². The Labute approximate surface area is 123 Å². The van der Waals surface area contributed by atoms with Crippen LogP contribution in [0.1, 0.15) is 25.8 Å². The third-order valence-corrected chi connectivity index (χ3v) is 2.75. The van der Waals surface area contributed by atoms with Crippen LogP contribution in [-0.4, -0.2) is 31.1 Å². The van der Waals surface area contributed by atoms with Gasteiger partial charge in [0.05, 0.1) is 25.2 Å². The van der Waals surface area contributed by atoms with Gasteiger partial charge in [0.15, 0.2) is 6.10 Å². The van der Waals surface area contributed by atoms with Crippen LogP contribution in [0, 0.1) is 11.3 Å². The van der Waals surface area contributed by atoms with Crippen molar-refractivity contribution in [1.82, 2.24) is 5.32 Å². The van der Waals surface area contributed by atoms with E-state index in [1.807, 2.05) is 6.07 Å². The van der Waals surface area contributed by atoms with Gasteiger partial charge in [0.25, 0.3) is 5.91 Å². The smallest absolute Gasteiger partial charge is 0.307 e. The van der Waals surface area contributed by atoms with E-state index in [-0.39, 0.29) is 24.3 Å². The molecule has 1 N–H and O–H groups in total. The van der Waals surface area contributed by atoms with E-state index >= 15 is 0 Å². The Balaban J connectivity index is 2.50. The van der Waals surface area contributed by atoms with Gasteiger partial charge in [-0.3, -0.25) is 9.59 Å². The van der Waals surface area contributed by atoms with E-state index in [1.54, 1.807) is 38.1 Å². The zero-order valence-electron chi connectivity index (χ0n) is 12.3. The first kappa shape index (κ1) is 16.5. The number of methoxy groups -OCH3 is 1. The second-order valence-corrected chi connectivity index (χ2v) is 4.59. The highest BCUT2D eigenvalue weighted by Gasteiger charge is 2.18. The lowest BCUT2D eigenvalue weighted by Gasteiger charge is -2.18. The van der Waals surface area contributed by atoms with Gasteiger partial charge in [-0.1, -0.05) is 0 Å². The summed E-state index contributed by atoms with van der Waals surface area (Å²) < 4.78 is 10.0. The van der Waals surface area contributed by atoms with E-state index in [0.29, 0.717) is 11.3 Å². The number of nitrogens with zero attached hydrogens (tertiary/aromatic N) is 1. The van der Waals surface area contributed by atoms with Crippen molar-refractivity contribution in [2.45, 2.75) is 32.4 Å². The van der Waals surface area contributed by atoms with Crippen LogP contribution in [0.15, 0.2) is 24.3 Å². The van der Waals surface area contributed by atoms with Crippen molar-refractivity contribution in [3.05, 3.63) is 29.8 Å². The summed E-state index contributed by atoms with van der Waals surface area (Å²) >= 11 is 0. The van der Waals surface area contributed by atoms with Gasteiger partial charge in [-0.2, -0.15) is 5.26 Å². The highest BCUT2D eigenvalue weighted by molar-refractivity contribution is 5.81. The van der Waals surface area contributed by atoms with Gasteiger partial charge < -0.3 is 14.8 Å². The van der Waals surface area contributed by atoms with Crippen LogP contribution >= 0.6 is 0 Å². The zero-order chi connectivity index (χ0) is 15.8. The third-order valence-electron chi connectivity index (χ3n) is 2.75. The number of carbonyl (C=O) groups excluding carboxylic acids is 2. The van der Waals surface area contributed by atoms with Crippen LogP contribution in [-0.2, 0) is 14.3 Å². The molecule has 0 saturated heterocycles. The van der Waals surface area contributed by atoms with E-state index < -0.39 is 6.10 Å². The molecule has 2 unspecified atom stereocenters. The predicted molar refractivity (Wildman–Crippen MR) is 75.5 cm³/mol. The van der Waals surface area contributed by atoms with Crippen LogP contribution in [0.2, 0.25) is 0 Å². The SMILES string of the molecule is COC(=O)CC(C)NC(=O)C(C)Oc1ccc(C#N)cc1. The van der Waals surface area contributed by atoms with E-state index in [0.717, 1.165) is 0 Å². The number of hydrogen-bond donors (Lipinski definition) is 1. The van der Waals surface area contributed by atoms with E-state index in [9.17, 15) is 9.59 Å². The fourth-order valence-electron chi connectivity index (χ4n) is 1.61. The molecule has 0 aromatic heterocycles. The minimum absolute atomic E-state index is 0.103. The molecule has 2 atom stereocenters. The molecule has 0 aliphatic carbocycles. The van der Waals surface area contributed by atoms with Crippen molar-refractivity contribution >= 4 is 11.9 Å². The molecule has 6 nitrogen and oxygen atoms in total. The Kier molecular flexibility index (Phi) is 6.21. The van der Waals surface area contributed by atoms with Gasteiger partial charge >= 0.3 is 5.97 Å². The Bertz CT molecular complexity index is 534. The fourth-order valence-corrected chi connectivity index (χ4v) is 1.61. The molecule has 0 aliphatic rings. The van der Waals surface area contributed by atoms with Gasteiger partial charge in [0.1, 0.15) is 5.75 Å². The first-order valence-electron chi connectivity index (χ1n) is 6.50. The summed E-state index contributed by atoms with van der Waals surface area (Å²) in [5.41, 5.74) is 0.520. The van der Waals surface area contributed by atoms with Gasteiger partial charge in [0.2, 0.25) is 0 Å². The summed E-state index contributed by atoms with van der Waals surface area (Å²) in [6, 6.07) is 8.14. The van der Waals surface area contributed by atoms with Crippen LogP contribution in [0.5, 0.6) is 5.75 Å². The monoisotopic (exact) mass is 290 g/mol. The van der Waals surface area contributed by atoms with Gasteiger partial charge in [0, 0.05) is 6.04 Å². The minimum Gasteiger partial charge on any atom is -0.481 e. The zero-order valence-corrected chi connectivity index (χ0v) is 12.3. The molecule has 0 radical (unpaired) electrons. The van der Waals surface area contributed by atoms with E-state index in [2.05, 4.69) is 10.1 Å². The number of nitriles is 1. The summed E-state index contributed by atoms with van der Waals surface area (Å²) in [4.78, 5) is 23.0. The second-order valence-electron chi connectivity index (χ2n) is 4.59. The second kappa shape index (κ2) is 7.90. The fraction of sp³-hybridized carbons (Fsp3) is 0.400. The van der Waals surface area contributed by atoms with Gasteiger partial charge in [-0.05, 0) is 38.1 Å². The molecule has 0 bridgehead atoms. The number of rotatable bonds is 6. The van der Waals surface area contributed by atoms with Crippen molar-refractivity contribution in [2.24, 2.45) is 0 Å². The molecule has 0 heterocycles. The summed E-state index contributed by atoms with van der Waals surface area (Å²) in [6.45, 7) is 3.32. The van der Waals surface area contributed by atoms with Crippen LogP contribution in [0.4, 0.5) is 0 Å². The molecule has 0 fully saturated rings. The highest BCUT2D eigenvalue weighted by Crippen LogP contribution is 2.13. The predicted octanol–water partition coefficient (Wildman–Crippen LogP) is 1.39. The molecule has 1 amide bonds. The molecule has 0 saturated carbocycles. The highest BCUT2D eigenvalue weighted by atomic mass is 16.5. The van der Waals surface area contributed by atoms with Crippen molar-refractivity contribution in [3.8, 4) is 11.8 Å². The quantitative estimate of drug-likeness (QED) is 0.800. The number of esters is 1. The van der Waals surface area contributed by atoms with Gasteiger partial charge in [-0.15, -0.1) is 0 Å². The van der Waals surface area contributed by atoms with Crippen molar-refractivity contribution < 1.29 is 19.1 Å². The lowest BCUT2D eigenvalue weighted by atomic mass is 10.2. The number of carbonyl (C=O) groups is 2. The Morgan fingerprint density at radius 2 is 1.90 bits per heavy atom.